The summed E-state index contributed by atoms with van der Waals surface area (Å²) in [5.41, 5.74) is 4.51. The van der Waals surface area contributed by atoms with E-state index in [1.165, 1.54) is 12.8 Å². The van der Waals surface area contributed by atoms with Gasteiger partial charge in [-0.1, -0.05) is 17.7 Å². The van der Waals surface area contributed by atoms with Crippen molar-refractivity contribution < 1.29 is 4.79 Å². The number of carbonyl (C=O) groups excluding carboxylic acids is 1. The number of pyridine rings is 1. The van der Waals surface area contributed by atoms with E-state index in [0.29, 0.717) is 29.2 Å². The molecule has 1 aliphatic rings. The lowest BCUT2D eigenvalue weighted by Gasteiger charge is -2.40. The first-order valence-corrected chi connectivity index (χ1v) is 12.2. The standard InChI is InChI=1S/C26H34ClN5O/c1-5-32(22-10-8-21(9-11-22)30(3)4)24-16-20(27)15-23(18(24)2)26(33)29-17-19-7-6-13-31-14-12-28-25(19)31/h6-7,12-16,21-22H,5,8-11,17H2,1-4H3,(H,29,33)/t21-,22-. The van der Waals surface area contributed by atoms with Crippen LogP contribution in [-0.4, -0.2) is 52.9 Å². The molecular weight excluding hydrogens is 434 g/mol. The Balaban J connectivity index is 1.53. The maximum Gasteiger partial charge on any atom is 0.251 e. The van der Waals surface area contributed by atoms with E-state index in [-0.39, 0.29) is 5.91 Å². The van der Waals surface area contributed by atoms with Crippen molar-refractivity contribution in [3.63, 3.8) is 0 Å². The molecule has 1 amide bonds. The number of nitrogens with one attached hydrogen (secondary N) is 1. The molecule has 0 bridgehead atoms. The summed E-state index contributed by atoms with van der Waals surface area (Å²) in [6.45, 7) is 5.52. The number of hydrogen-bond donors (Lipinski definition) is 1. The number of halogens is 1. The van der Waals surface area contributed by atoms with Crippen LogP contribution in [0.2, 0.25) is 5.02 Å². The molecule has 1 N–H and O–H groups in total. The molecule has 0 aliphatic heterocycles. The summed E-state index contributed by atoms with van der Waals surface area (Å²) in [4.78, 5) is 22.4. The van der Waals surface area contributed by atoms with E-state index in [0.717, 1.165) is 41.8 Å². The first-order valence-electron chi connectivity index (χ1n) is 11.8. The summed E-state index contributed by atoms with van der Waals surface area (Å²) in [7, 11) is 4.34. The Labute approximate surface area is 201 Å². The number of amides is 1. The van der Waals surface area contributed by atoms with Crippen LogP contribution in [0, 0.1) is 6.92 Å². The molecule has 0 atom stereocenters. The van der Waals surface area contributed by atoms with Crippen LogP contribution in [0.15, 0.2) is 42.9 Å². The van der Waals surface area contributed by atoms with Crippen molar-refractivity contribution >= 4 is 28.8 Å². The highest BCUT2D eigenvalue weighted by atomic mass is 35.5. The third kappa shape index (κ3) is 5.02. The van der Waals surface area contributed by atoms with Gasteiger partial charge in [-0.2, -0.15) is 0 Å². The van der Waals surface area contributed by atoms with E-state index in [9.17, 15) is 4.79 Å². The Morgan fingerprint density at radius 1 is 1.18 bits per heavy atom. The maximum absolute atomic E-state index is 13.2. The van der Waals surface area contributed by atoms with Crippen molar-refractivity contribution in [1.29, 1.82) is 0 Å². The zero-order valence-electron chi connectivity index (χ0n) is 20.0. The molecule has 1 aliphatic carbocycles. The second kappa shape index (κ2) is 10.1. The molecule has 6 nitrogen and oxygen atoms in total. The Morgan fingerprint density at radius 3 is 2.61 bits per heavy atom. The zero-order chi connectivity index (χ0) is 23.5. The Hall–Kier alpha value is -2.57. The number of hydrogen-bond acceptors (Lipinski definition) is 4. The molecule has 2 aromatic heterocycles. The minimum atomic E-state index is -0.114. The van der Waals surface area contributed by atoms with Gasteiger partial charge >= 0.3 is 0 Å². The van der Waals surface area contributed by atoms with Gasteiger partial charge in [0.15, 0.2) is 0 Å². The number of imidazole rings is 1. The van der Waals surface area contributed by atoms with Gasteiger partial charge in [-0.05, 0) is 77.4 Å². The number of nitrogens with zero attached hydrogens (tertiary/aromatic N) is 4. The average molecular weight is 468 g/mol. The lowest BCUT2D eigenvalue weighted by Crippen LogP contribution is -2.42. The molecule has 2 heterocycles. The van der Waals surface area contributed by atoms with E-state index < -0.39 is 0 Å². The van der Waals surface area contributed by atoms with Crippen LogP contribution in [0.4, 0.5) is 5.69 Å². The van der Waals surface area contributed by atoms with Gasteiger partial charge in [0.2, 0.25) is 0 Å². The molecule has 3 aromatic rings. The molecule has 0 unspecified atom stereocenters. The van der Waals surface area contributed by atoms with E-state index in [1.807, 2.05) is 41.9 Å². The Bertz CT molecular complexity index is 1120. The fraction of sp³-hybridized carbons (Fsp3) is 0.462. The Kier molecular flexibility index (Phi) is 7.25. The molecule has 0 radical (unpaired) electrons. The van der Waals surface area contributed by atoms with Gasteiger partial charge < -0.3 is 19.5 Å². The van der Waals surface area contributed by atoms with Crippen molar-refractivity contribution in [2.24, 2.45) is 0 Å². The van der Waals surface area contributed by atoms with Crippen molar-refractivity contribution in [3.05, 3.63) is 64.6 Å². The maximum atomic E-state index is 13.2. The number of anilines is 1. The predicted molar refractivity (Wildman–Crippen MR) is 135 cm³/mol. The Morgan fingerprint density at radius 2 is 1.91 bits per heavy atom. The third-order valence-corrected chi connectivity index (χ3v) is 7.23. The van der Waals surface area contributed by atoms with Gasteiger partial charge in [0.1, 0.15) is 5.65 Å². The van der Waals surface area contributed by atoms with Gasteiger partial charge in [-0.25, -0.2) is 4.98 Å². The normalized spacial score (nSPS) is 18.6. The van der Waals surface area contributed by atoms with Crippen molar-refractivity contribution in [3.8, 4) is 0 Å². The fourth-order valence-electron chi connectivity index (χ4n) is 5.13. The number of carbonyl (C=O) groups is 1. The smallest absolute Gasteiger partial charge is 0.251 e. The molecular formula is C26H34ClN5O. The van der Waals surface area contributed by atoms with Gasteiger partial charge in [-0.3, -0.25) is 4.79 Å². The third-order valence-electron chi connectivity index (χ3n) is 7.02. The monoisotopic (exact) mass is 467 g/mol. The summed E-state index contributed by atoms with van der Waals surface area (Å²) in [5.74, 6) is -0.114. The van der Waals surface area contributed by atoms with Crippen LogP contribution < -0.4 is 10.2 Å². The molecule has 1 fully saturated rings. The highest BCUT2D eigenvalue weighted by Crippen LogP contribution is 2.34. The topological polar surface area (TPSA) is 52.9 Å². The lowest BCUT2D eigenvalue weighted by molar-refractivity contribution is 0.0950. The summed E-state index contributed by atoms with van der Waals surface area (Å²) in [5, 5.41) is 3.67. The van der Waals surface area contributed by atoms with E-state index >= 15 is 0 Å². The molecule has 176 valence electrons. The molecule has 1 aromatic carbocycles. The van der Waals surface area contributed by atoms with E-state index in [4.69, 9.17) is 11.6 Å². The number of fused-ring (bicyclic) bond motifs is 1. The first kappa shape index (κ1) is 23.6. The first-order chi connectivity index (χ1) is 15.9. The summed E-state index contributed by atoms with van der Waals surface area (Å²) < 4.78 is 1.95. The molecule has 1 saturated carbocycles. The second-order valence-electron chi connectivity index (χ2n) is 9.18. The summed E-state index contributed by atoms with van der Waals surface area (Å²) >= 11 is 6.52. The summed E-state index contributed by atoms with van der Waals surface area (Å²) in [6, 6.07) is 8.87. The average Bonchev–Trinajstić information content (AvgIpc) is 3.30. The molecule has 0 spiro atoms. The van der Waals surface area contributed by atoms with Gasteiger partial charge in [-0.15, -0.1) is 0 Å². The fourth-order valence-corrected chi connectivity index (χ4v) is 5.34. The van der Waals surface area contributed by atoms with Crippen LogP contribution in [0.3, 0.4) is 0 Å². The van der Waals surface area contributed by atoms with Crippen LogP contribution in [0.5, 0.6) is 0 Å². The molecule has 4 rings (SSSR count). The van der Waals surface area contributed by atoms with E-state index in [1.54, 1.807) is 12.3 Å². The van der Waals surface area contributed by atoms with Crippen LogP contribution in [0.1, 0.15) is 54.1 Å². The van der Waals surface area contributed by atoms with E-state index in [2.05, 4.69) is 41.1 Å². The number of rotatable bonds is 7. The van der Waals surface area contributed by atoms with Crippen molar-refractivity contribution in [2.45, 2.75) is 58.2 Å². The SMILES string of the molecule is CCN(c1cc(Cl)cc(C(=O)NCc2cccn3ccnc23)c1C)[C@H]1CC[C@H](N(C)C)CC1. The van der Waals surface area contributed by atoms with Gasteiger partial charge in [0.05, 0.1) is 0 Å². The van der Waals surface area contributed by atoms with Crippen molar-refractivity contribution in [1.82, 2.24) is 19.6 Å². The highest BCUT2D eigenvalue weighted by Gasteiger charge is 2.28. The minimum absolute atomic E-state index is 0.114. The molecule has 0 saturated heterocycles. The largest absolute Gasteiger partial charge is 0.369 e. The van der Waals surface area contributed by atoms with Crippen LogP contribution in [-0.2, 0) is 6.54 Å². The lowest BCUT2D eigenvalue weighted by atomic mass is 9.89. The quantitative estimate of drug-likeness (QED) is 0.535. The molecule has 7 heteroatoms. The van der Waals surface area contributed by atoms with Crippen LogP contribution in [0.25, 0.3) is 5.65 Å². The molecule has 33 heavy (non-hydrogen) atoms. The minimum Gasteiger partial charge on any atom is -0.369 e. The second-order valence-corrected chi connectivity index (χ2v) is 9.62. The number of aromatic nitrogens is 2. The predicted octanol–water partition coefficient (Wildman–Crippen LogP) is 4.93. The van der Waals surface area contributed by atoms with Gasteiger partial charge in [0.25, 0.3) is 5.91 Å². The van der Waals surface area contributed by atoms with Crippen molar-refractivity contribution in [2.75, 3.05) is 25.5 Å². The highest BCUT2D eigenvalue weighted by molar-refractivity contribution is 6.31. The summed E-state index contributed by atoms with van der Waals surface area (Å²) in [6.07, 6.45) is 10.3. The zero-order valence-corrected chi connectivity index (χ0v) is 20.8. The number of benzene rings is 1. The van der Waals surface area contributed by atoms with Crippen LogP contribution >= 0.6 is 11.6 Å². The van der Waals surface area contributed by atoms with Gasteiger partial charge in [0, 0.05) is 65.6 Å².